The van der Waals surface area contributed by atoms with Crippen LogP contribution < -0.4 is 5.32 Å². The monoisotopic (exact) mass is 419 g/mol. The Morgan fingerprint density at radius 2 is 1.70 bits per heavy atom. The number of methoxy groups -OCH3 is 1. The number of hydrogen-bond donors (Lipinski definition) is 1. The quantitative estimate of drug-likeness (QED) is 0.724. The molecule has 1 amide bonds. The smallest absolute Gasteiger partial charge is 0.416 e. The number of esters is 1. The van der Waals surface area contributed by atoms with E-state index in [1.54, 1.807) is 18.2 Å². The van der Waals surface area contributed by atoms with Gasteiger partial charge in [-0.25, -0.2) is 4.79 Å². The van der Waals surface area contributed by atoms with E-state index in [2.05, 4.69) is 10.1 Å². The number of hydrogen-bond acceptors (Lipinski definition) is 3. The molecule has 0 unspecified atom stereocenters. The highest BCUT2D eigenvalue weighted by Crippen LogP contribution is 2.30. The van der Waals surface area contributed by atoms with E-state index < -0.39 is 29.7 Å². The van der Waals surface area contributed by atoms with Gasteiger partial charge in [0.15, 0.2) is 0 Å². The topological polar surface area (TPSA) is 55.4 Å². The van der Waals surface area contributed by atoms with Gasteiger partial charge in [0.25, 0.3) is 5.91 Å². The van der Waals surface area contributed by atoms with Gasteiger partial charge >= 0.3 is 12.1 Å². The van der Waals surface area contributed by atoms with Gasteiger partial charge in [-0.2, -0.15) is 13.2 Å². The highest BCUT2D eigenvalue weighted by atomic mass is 35.5. The Labute approximate surface area is 163 Å². The Morgan fingerprint density at radius 1 is 1.11 bits per heavy atom. The SMILES string of the molecule is COC(=O)[C@H](Cc1c(Cl)cccc1Cl)NC(=O)c1cccc(C(F)(F)F)c1. The molecule has 2 aromatic carbocycles. The van der Waals surface area contributed by atoms with Crippen molar-refractivity contribution in [2.45, 2.75) is 18.6 Å². The molecule has 4 nitrogen and oxygen atoms in total. The lowest BCUT2D eigenvalue weighted by atomic mass is 10.0. The summed E-state index contributed by atoms with van der Waals surface area (Å²) in [5, 5.41) is 2.93. The third-order valence-corrected chi connectivity index (χ3v) is 4.42. The van der Waals surface area contributed by atoms with E-state index >= 15 is 0 Å². The fourth-order valence-electron chi connectivity index (χ4n) is 2.35. The molecule has 144 valence electrons. The van der Waals surface area contributed by atoms with Gasteiger partial charge in [0.2, 0.25) is 0 Å². The Kier molecular flexibility index (Phi) is 6.73. The summed E-state index contributed by atoms with van der Waals surface area (Å²) in [5.41, 5.74) is -0.816. The second-order valence-corrected chi connectivity index (χ2v) is 6.35. The first-order valence-corrected chi connectivity index (χ1v) is 8.38. The first-order chi connectivity index (χ1) is 12.6. The van der Waals surface area contributed by atoms with Crippen molar-refractivity contribution < 1.29 is 27.5 Å². The minimum atomic E-state index is -4.59. The van der Waals surface area contributed by atoms with E-state index in [0.717, 1.165) is 19.2 Å². The average Bonchev–Trinajstić information content (AvgIpc) is 2.62. The third-order valence-electron chi connectivity index (χ3n) is 3.71. The Morgan fingerprint density at radius 3 is 2.26 bits per heavy atom. The predicted molar refractivity (Wildman–Crippen MR) is 94.9 cm³/mol. The molecule has 0 heterocycles. The third kappa shape index (κ3) is 5.37. The molecule has 0 aliphatic carbocycles. The normalized spacial score (nSPS) is 12.4. The zero-order chi connectivity index (χ0) is 20.2. The molecular weight excluding hydrogens is 406 g/mol. The molecule has 0 fully saturated rings. The molecule has 0 aliphatic heterocycles. The summed E-state index contributed by atoms with van der Waals surface area (Å²) in [5.74, 6) is -1.65. The summed E-state index contributed by atoms with van der Waals surface area (Å²) in [6.45, 7) is 0. The first kappa shape index (κ1) is 21.1. The van der Waals surface area contributed by atoms with Gasteiger partial charge < -0.3 is 10.1 Å². The minimum absolute atomic E-state index is 0.0874. The molecule has 1 N–H and O–H groups in total. The molecule has 0 radical (unpaired) electrons. The Bertz CT molecular complexity index is 836. The van der Waals surface area contributed by atoms with Gasteiger partial charge in [0, 0.05) is 22.0 Å². The van der Waals surface area contributed by atoms with Crippen LogP contribution in [0.5, 0.6) is 0 Å². The van der Waals surface area contributed by atoms with Crippen molar-refractivity contribution in [1.82, 2.24) is 5.32 Å². The Balaban J connectivity index is 2.26. The fourth-order valence-corrected chi connectivity index (χ4v) is 2.90. The average molecular weight is 420 g/mol. The van der Waals surface area contributed by atoms with E-state index in [1.165, 1.54) is 6.07 Å². The summed E-state index contributed by atoms with van der Waals surface area (Å²) in [7, 11) is 1.12. The van der Waals surface area contributed by atoms with E-state index in [1.807, 2.05) is 0 Å². The van der Waals surface area contributed by atoms with Crippen LogP contribution in [0.15, 0.2) is 42.5 Å². The van der Waals surface area contributed by atoms with E-state index in [9.17, 15) is 22.8 Å². The number of rotatable bonds is 5. The molecule has 0 aliphatic rings. The van der Waals surface area contributed by atoms with Crippen molar-refractivity contribution in [3.8, 4) is 0 Å². The van der Waals surface area contributed by atoms with Crippen LogP contribution in [0.2, 0.25) is 10.0 Å². The molecule has 2 aromatic rings. The Hall–Kier alpha value is -2.25. The van der Waals surface area contributed by atoms with Crippen LogP contribution in [-0.4, -0.2) is 25.0 Å². The van der Waals surface area contributed by atoms with Crippen molar-refractivity contribution in [3.05, 3.63) is 69.2 Å². The largest absolute Gasteiger partial charge is 0.467 e. The van der Waals surface area contributed by atoms with Gasteiger partial charge in [-0.1, -0.05) is 35.3 Å². The lowest BCUT2D eigenvalue weighted by molar-refractivity contribution is -0.143. The minimum Gasteiger partial charge on any atom is -0.467 e. The molecule has 27 heavy (non-hydrogen) atoms. The lowest BCUT2D eigenvalue weighted by Gasteiger charge is -2.18. The number of carbonyl (C=O) groups is 2. The van der Waals surface area contributed by atoms with Crippen molar-refractivity contribution in [2.24, 2.45) is 0 Å². The van der Waals surface area contributed by atoms with Crippen molar-refractivity contribution in [1.29, 1.82) is 0 Å². The second-order valence-electron chi connectivity index (χ2n) is 5.53. The number of carbonyl (C=O) groups excluding carboxylic acids is 2. The maximum Gasteiger partial charge on any atom is 0.416 e. The van der Waals surface area contributed by atoms with E-state index in [0.29, 0.717) is 11.6 Å². The molecule has 0 saturated heterocycles. The second kappa shape index (κ2) is 8.63. The van der Waals surface area contributed by atoms with Crippen LogP contribution in [0.4, 0.5) is 13.2 Å². The van der Waals surface area contributed by atoms with Gasteiger partial charge in [-0.3, -0.25) is 4.79 Å². The molecular formula is C18H14Cl2F3NO3. The van der Waals surface area contributed by atoms with Crippen LogP contribution >= 0.6 is 23.2 Å². The number of alkyl halides is 3. The van der Waals surface area contributed by atoms with Crippen LogP contribution in [-0.2, 0) is 22.1 Å². The van der Waals surface area contributed by atoms with Crippen molar-refractivity contribution in [3.63, 3.8) is 0 Å². The maximum absolute atomic E-state index is 12.8. The molecule has 0 bridgehead atoms. The summed E-state index contributed by atoms with van der Waals surface area (Å²) in [6, 6.07) is 7.41. The van der Waals surface area contributed by atoms with Gasteiger partial charge in [0.1, 0.15) is 6.04 Å². The predicted octanol–water partition coefficient (Wildman–Crippen LogP) is 4.53. The fraction of sp³-hybridized carbons (Fsp3) is 0.222. The molecule has 0 aromatic heterocycles. The van der Waals surface area contributed by atoms with Crippen molar-refractivity contribution in [2.75, 3.05) is 7.11 Å². The highest BCUT2D eigenvalue weighted by Gasteiger charge is 2.31. The number of benzene rings is 2. The summed E-state index contributed by atoms with van der Waals surface area (Å²) in [4.78, 5) is 24.4. The zero-order valence-corrected chi connectivity index (χ0v) is 15.5. The van der Waals surface area contributed by atoms with Gasteiger partial charge in [0.05, 0.1) is 12.7 Å². The lowest BCUT2D eigenvalue weighted by Crippen LogP contribution is -2.43. The first-order valence-electron chi connectivity index (χ1n) is 7.62. The molecule has 1 atom stereocenters. The summed E-state index contributed by atoms with van der Waals surface area (Å²) in [6.07, 6.45) is -4.68. The zero-order valence-electron chi connectivity index (χ0n) is 13.9. The van der Waals surface area contributed by atoms with Crippen LogP contribution in [0.3, 0.4) is 0 Å². The summed E-state index contributed by atoms with van der Waals surface area (Å²) < 4.78 is 43.1. The molecule has 9 heteroatoms. The molecule has 2 rings (SSSR count). The van der Waals surface area contributed by atoms with Crippen LogP contribution in [0.25, 0.3) is 0 Å². The van der Waals surface area contributed by atoms with Gasteiger partial charge in [-0.15, -0.1) is 0 Å². The maximum atomic E-state index is 12.8. The van der Waals surface area contributed by atoms with Crippen LogP contribution in [0.1, 0.15) is 21.5 Å². The van der Waals surface area contributed by atoms with Crippen LogP contribution in [0, 0.1) is 0 Å². The summed E-state index contributed by atoms with van der Waals surface area (Å²) >= 11 is 12.1. The number of nitrogens with one attached hydrogen (secondary N) is 1. The van der Waals surface area contributed by atoms with E-state index in [-0.39, 0.29) is 22.0 Å². The number of halogens is 5. The molecule has 0 saturated carbocycles. The standard InChI is InChI=1S/C18H14Cl2F3NO3/c1-27-17(26)15(9-12-13(19)6-3-7-14(12)20)24-16(25)10-4-2-5-11(8-10)18(21,22)23/h2-8,15H,9H2,1H3,(H,24,25)/t15-/m0/s1. The van der Waals surface area contributed by atoms with E-state index in [4.69, 9.17) is 23.2 Å². The van der Waals surface area contributed by atoms with Crippen molar-refractivity contribution >= 4 is 35.1 Å². The van der Waals surface area contributed by atoms with Gasteiger partial charge in [-0.05, 0) is 35.9 Å². The number of amides is 1. The molecule has 0 spiro atoms. The highest BCUT2D eigenvalue weighted by molar-refractivity contribution is 6.36. The number of ether oxygens (including phenoxy) is 1.